The van der Waals surface area contributed by atoms with Crippen LogP contribution in [0.2, 0.25) is 0 Å². The van der Waals surface area contributed by atoms with Crippen LogP contribution in [0.5, 0.6) is 0 Å². The summed E-state index contributed by atoms with van der Waals surface area (Å²) in [6.07, 6.45) is -2.08. The van der Waals surface area contributed by atoms with E-state index in [0.29, 0.717) is 22.6 Å². The van der Waals surface area contributed by atoms with Crippen LogP contribution in [0.1, 0.15) is 47.7 Å². The van der Waals surface area contributed by atoms with Gasteiger partial charge in [0.25, 0.3) is 5.91 Å². The minimum atomic E-state index is -4.48. The first-order valence-corrected chi connectivity index (χ1v) is 9.20. The molecule has 0 fully saturated rings. The molecule has 2 amide bonds. The zero-order valence-corrected chi connectivity index (χ0v) is 16.9. The van der Waals surface area contributed by atoms with Crippen molar-refractivity contribution in [2.45, 2.75) is 46.5 Å². The van der Waals surface area contributed by atoms with E-state index in [1.54, 1.807) is 19.2 Å². The van der Waals surface area contributed by atoms with Gasteiger partial charge in [-0.1, -0.05) is 19.0 Å². The first-order chi connectivity index (χ1) is 14.5. The lowest BCUT2D eigenvalue weighted by Gasteiger charge is -2.26. The molecular formula is C18H20F3N7O3. The van der Waals surface area contributed by atoms with E-state index >= 15 is 0 Å². The van der Waals surface area contributed by atoms with Crippen LogP contribution in [0, 0.1) is 12.3 Å². The maximum atomic E-state index is 12.9. The summed E-state index contributed by atoms with van der Waals surface area (Å²) in [5, 5.41) is 16.3. The van der Waals surface area contributed by atoms with E-state index in [1.165, 1.54) is 10.7 Å². The average molecular weight is 439 g/mol. The van der Waals surface area contributed by atoms with Gasteiger partial charge in [-0.15, -0.1) is 0 Å². The fraction of sp³-hybridized carbons (Fsp3) is 0.444. The third-order valence-corrected chi connectivity index (χ3v) is 4.58. The molecule has 3 aromatic rings. The number of hydrogen-bond acceptors (Lipinski definition) is 7. The molecule has 0 unspecified atom stereocenters. The number of nitrogens with zero attached hydrogens (tertiary/aromatic N) is 5. The number of nitrogens with one attached hydrogen (secondary N) is 2. The molecule has 13 heteroatoms. The zero-order chi connectivity index (χ0) is 22.8. The van der Waals surface area contributed by atoms with Crippen LogP contribution in [-0.2, 0) is 17.9 Å². The van der Waals surface area contributed by atoms with E-state index in [2.05, 4.69) is 35.7 Å². The highest BCUT2D eigenvalue weighted by Gasteiger charge is 2.48. The van der Waals surface area contributed by atoms with Crippen molar-refractivity contribution in [3.05, 3.63) is 41.1 Å². The van der Waals surface area contributed by atoms with Gasteiger partial charge in [0.15, 0.2) is 11.3 Å². The minimum Gasteiger partial charge on any atom is -0.352 e. The van der Waals surface area contributed by atoms with Gasteiger partial charge in [-0.3, -0.25) is 9.59 Å². The Kier molecular flexibility index (Phi) is 5.95. The van der Waals surface area contributed by atoms with Gasteiger partial charge < -0.3 is 10.6 Å². The molecule has 3 heterocycles. The molecule has 3 rings (SSSR count). The van der Waals surface area contributed by atoms with Crippen LogP contribution in [0.15, 0.2) is 23.1 Å². The van der Waals surface area contributed by atoms with E-state index < -0.39 is 29.8 Å². The van der Waals surface area contributed by atoms with E-state index in [4.69, 9.17) is 0 Å². The molecule has 10 nitrogen and oxygen atoms in total. The molecule has 2 N–H and O–H groups in total. The van der Waals surface area contributed by atoms with E-state index in [-0.39, 0.29) is 18.8 Å². The van der Waals surface area contributed by atoms with Gasteiger partial charge in [0.2, 0.25) is 5.91 Å². The largest absolute Gasteiger partial charge is 0.394 e. The lowest BCUT2D eigenvalue weighted by atomic mass is 9.88. The molecule has 0 aliphatic rings. The number of amides is 2. The number of hydrogen-bond donors (Lipinski definition) is 2. The summed E-state index contributed by atoms with van der Waals surface area (Å²) in [6.45, 7) is 3.66. The van der Waals surface area contributed by atoms with Crippen LogP contribution in [-0.4, -0.2) is 42.9 Å². The normalized spacial score (nSPS) is 12.2. The Hall–Kier alpha value is -3.51. The van der Waals surface area contributed by atoms with Crippen LogP contribution in [0.4, 0.5) is 13.2 Å². The second-order valence-electron chi connectivity index (χ2n) is 7.61. The van der Waals surface area contributed by atoms with Gasteiger partial charge in [-0.25, -0.2) is 14.1 Å². The maximum absolute atomic E-state index is 12.9. The van der Waals surface area contributed by atoms with Gasteiger partial charge in [0.05, 0.1) is 30.0 Å². The number of carbonyl (C=O) groups excluding carboxylic acids is 2. The Balaban J connectivity index is 1.59. The van der Waals surface area contributed by atoms with Crippen LogP contribution in [0.3, 0.4) is 0 Å². The molecular weight excluding hydrogens is 419 g/mol. The summed E-state index contributed by atoms with van der Waals surface area (Å²) in [6, 6.07) is 1.64. The van der Waals surface area contributed by atoms with Gasteiger partial charge in [0, 0.05) is 13.0 Å². The highest BCUT2D eigenvalue weighted by molar-refractivity contribution is 5.92. The number of aromatic nitrogens is 5. The second kappa shape index (κ2) is 8.32. The van der Waals surface area contributed by atoms with Crippen molar-refractivity contribution in [3.63, 3.8) is 0 Å². The lowest BCUT2D eigenvalue weighted by molar-refractivity contribution is -0.213. The molecule has 0 atom stereocenters. The van der Waals surface area contributed by atoms with Crippen molar-refractivity contribution in [1.82, 2.24) is 35.5 Å². The molecule has 0 saturated heterocycles. The maximum Gasteiger partial charge on any atom is 0.394 e. The van der Waals surface area contributed by atoms with Gasteiger partial charge >= 0.3 is 6.18 Å². The Morgan fingerprint density at radius 3 is 2.55 bits per heavy atom. The van der Waals surface area contributed by atoms with Crippen molar-refractivity contribution >= 4 is 17.5 Å². The summed E-state index contributed by atoms with van der Waals surface area (Å²) in [5.41, 5.74) is -0.152. The zero-order valence-electron chi connectivity index (χ0n) is 16.9. The summed E-state index contributed by atoms with van der Waals surface area (Å²) >= 11 is 0. The molecule has 0 spiro atoms. The molecule has 0 aromatic carbocycles. The molecule has 166 valence electrons. The number of imidazole rings is 1. The van der Waals surface area contributed by atoms with Gasteiger partial charge in [-0.05, 0) is 23.7 Å². The highest BCUT2D eigenvalue weighted by atomic mass is 19.4. The Morgan fingerprint density at radius 1 is 1.16 bits per heavy atom. The van der Waals surface area contributed by atoms with Gasteiger partial charge in [-0.2, -0.15) is 18.3 Å². The van der Waals surface area contributed by atoms with Crippen molar-refractivity contribution in [2.24, 2.45) is 5.41 Å². The van der Waals surface area contributed by atoms with Crippen LogP contribution in [0.25, 0.3) is 5.65 Å². The number of fused-ring (bicyclic) bond motifs is 1. The fourth-order valence-corrected chi connectivity index (χ4v) is 2.60. The monoisotopic (exact) mass is 439 g/mol. The topological polar surface area (TPSA) is 127 Å². The summed E-state index contributed by atoms with van der Waals surface area (Å²) < 4.78 is 44.7. The molecule has 0 saturated carbocycles. The lowest BCUT2D eigenvalue weighted by Crippen LogP contribution is -2.37. The van der Waals surface area contributed by atoms with Crippen molar-refractivity contribution in [1.29, 1.82) is 0 Å². The standard InChI is InChI=1S/C18H20F3N7O3/c1-10-15(27-31-26-10)16(30)23-8-12-9-28-13(25-12)4-11(7-24-28)6-22-14(29)5-17(2,3)18(19,20)21/h4,7,9H,5-6,8H2,1-3H3,(H,22,29)(H,23,30). The molecule has 0 bridgehead atoms. The van der Waals surface area contributed by atoms with Crippen LogP contribution < -0.4 is 10.6 Å². The second-order valence-corrected chi connectivity index (χ2v) is 7.61. The predicted molar refractivity (Wildman–Crippen MR) is 99.5 cm³/mol. The third-order valence-electron chi connectivity index (χ3n) is 4.58. The first kappa shape index (κ1) is 22.2. The Bertz CT molecular complexity index is 1100. The average Bonchev–Trinajstić information content (AvgIpc) is 3.28. The highest BCUT2D eigenvalue weighted by Crippen LogP contribution is 2.40. The number of alkyl halides is 3. The van der Waals surface area contributed by atoms with Crippen molar-refractivity contribution < 1.29 is 27.4 Å². The van der Waals surface area contributed by atoms with Crippen LogP contribution >= 0.6 is 0 Å². The van der Waals surface area contributed by atoms with Gasteiger partial charge in [0.1, 0.15) is 5.69 Å². The number of aryl methyl sites for hydroxylation is 1. The van der Waals surface area contributed by atoms with E-state index in [0.717, 1.165) is 13.8 Å². The number of halogens is 3. The molecule has 0 aliphatic heterocycles. The first-order valence-electron chi connectivity index (χ1n) is 9.20. The Morgan fingerprint density at radius 2 is 1.90 bits per heavy atom. The quantitative estimate of drug-likeness (QED) is 0.576. The fourth-order valence-electron chi connectivity index (χ4n) is 2.60. The van der Waals surface area contributed by atoms with E-state index in [1.807, 2.05) is 0 Å². The smallest absolute Gasteiger partial charge is 0.352 e. The molecule has 31 heavy (non-hydrogen) atoms. The number of rotatable bonds is 7. The molecule has 3 aromatic heterocycles. The predicted octanol–water partition coefficient (Wildman–Crippen LogP) is 1.95. The summed E-state index contributed by atoms with van der Waals surface area (Å²) in [7, 11) is 0. The number of carbonyl (C=O) groups is 2. The Labute approximate surface area is 174 Å². The molecule has 0 aliphatic carbocycles. The SMILES string of the molecule is Cc1nonc1C(=O)NCc1cn2ncc(CNC(=O)CC(C)(C)C(F)(F)F)cc2n1. The summed E-state index contributed by atoms with van der Waals surface area (Å²) in [4.78, 5) is 28.3. The van der Waals surface area contributed by atoms with Crippen molar-refractivity contribution in [2.75, 3.05) is 0 Å². The van der Waals surface area contributed by atoms with E-state index in [9.17, 15) is 22.8 Å². The third kappa shape index (κ3) is 5.16. The molecule has 0 radical (unpaired) electrons. The summed E-state index contributed by atoms with van der Waals surface area (Å²) in [5.74, 6) is -1.18. The minimum absolute atomic E-state index is 0.00757. The van der Waals surface area contributed by atoms with Crippen molar-refractivity contribution in [3.8, 4) is 0 Å².